The predicted octanol–water partition coefficient (Wildman–Crippen LogP) is 1.49. The van der Waals surface area contributed by atoms with E-state index in [-0.39, 0.29) is 51.4 Å². The second-order valence-corrected chi connectivity index (χ2v) is 6.03. The van der Waals surface area contributed by atoms with Gasteiger partial charge in [-0.3, -0.25) is 18.9 Å². The van der Waals surface area contributed by atoms with E-state index in [0.29, 0.717) is 0 Å². The first kappa shape index (κ1) is 18.5. The van der Waals surface area contributed by atoms with Crippen LogP contribution in [0.1, 0.15) is 0 Å². The zero-order valence-electron chi connectivity index (χ0n) is 7.71. The molecule has 0 aromatic heterocycles. The standard InChI is InChI=1S/C4H7Cl3NO4P.K/c1-11-13(10,12-2)8-3(9)4(5,6)7;/h1-2H3,(H,8,9,10);. The SMILES string of the molecule is COP(=O)(NC(=O)C(Cl)(Cl)Cl)OC.[K]. The van der Waals surface area contributed by atoms with Crippen molar-refractivity contribution in [3.8, 4) is 0 Å². The zero-order valence-corrected chi connectivity index (χ0v) is 14.0. The number of amides is 1. The topological polar surface area (TPSA) is 64.6 Å². The van der Waals surface area contributed by atoms with E-state index in [9.17, 15) is 9.36 Å². The number of rotatable bonds is 3. The van der Waals surface area contributed by atoms with Crippen molar-refractivity contribution < 1.29 is 18.4 Å². The van der Waals surface area contributed by atoms with Crippen LogP contribution < -0.4 is 5.09 Å². The third-order valence-electron chi connectivity index (χ3n) is 0.977. The van der Waals surface area contributed by atoms with Crippen LogP contribution in [0.5, 0.6) is 0 Å². The van der Waals surface area contributed by atoms with Gasteiger partial charge in [0.1, 0.15) is 0 Å². The van der Waals surface area contributed by atoms with Gasteiger partial charge in [-0.2, -0.15) is 0 Å². The number of nitrogens with one attached hydrogen (secondary N) is 1. The summed E-state index contributed by atoms with van der Waals surface area (Å²) in [5.41, 5.74) is 0. The van der Waals surface area contributed by atoms with Gasteiger partial charge in [0.15, 0.2) is 0 Å². The summed E-state index contributed by atoms with van der Waals surface area (Å²) in [6.07, 6.45) is 0. The van der Waals surface area contributed by atoms with E-state index in [1.54, 1.807) is 0 Å². The maximum absolute atomic E-state index is 11.3. The van der Waals surface area contributed by atoms with Gasteiger partial charge in [0, 0.05) is 65.6 Å². The quantitative estimate of drug-likeness (QED) is 0.487. The molecule has 0 spiro atoms. The van der Waals surface area contributed by atoms with Crippen LogP contribution >= 0.6 is 42.5 Å². The summed E-state index contributed by atoms with van der Waals surface area (Å²) in [6, 6.07) is 0. The van der Waals surface area contributed by atoms with Gasteiger partial charge in [-0.25, -0.2) is 4.57 Å². The average Bonchev–Trinajstić information content (AvgIpc) is 2.02. The Hall–Kier alpha value is 2.13. The molecular formula is C4H7Cl3KNO4P. The van der Waals surface area contributed by atoms with E-state index in [4.69, 9.17) is 34.8 Å². The fourth-order valence-corrected chi connectivity index (χ4v) is 1.44. The molecule has 0 saturated carbocycles. The molecule has 79 valence electrons. The molecule has 0 aliphatic rings. The van der Waals surface area contributed by atoms with Crippen molar-refractivity contribution in [2.24, 2.45) is 0 Å². The van der Waals surface area contributed by atoms with Crippen molar-refractivity contribution in [1.82, 2.24) is 5.09 Å². The number of carbonyl (C=O) groups excluding carboxylic acids is 1. The maximum Gasteiger partial charge on any atom is 0.434 e. The number of carbonyl (C=O) groups is 1. The van der Waals surface area contributed by atoms with Gasteiger partial charge >= 0.3 is 7.75 Å². The fourth-order valence-electron chi connectivity index (χ4n) is 0.354. The maximum atomic E-state index is 11.3. The van der Waals surface area contributed by atoms with E-state index >= 15 is 0 Å². The summed E-state index contributed by atoms with van der Waals surface area (Å²) in [5, 5.41) is 1.81. The second-order valence-electron chi connectivity index (χ2n) is 1.80. The minimum atomic E-state index is -3.69. The summed E-state index contributed by atoms with van der Waals surface area (Å²) in [7, 11) is -1.51. The Morgan fingerprint density at radius 3 is 1.86 bits per heavy atom. The van der Waals surface area contributed by atoms with E-state index in [1.165, 1.54) is 0 Å². The Morgan fingerprint density at radius 1 is 1.29 bits per heavy atom. The van der Waals surface area contributed by atoms with Gasteiger partial charge in [-0.1, -0.05) is 34.8 Å². The molecule has 0 fully saturated rings. The van der Waals surface area contributed by atoms with E-state index in [2.05, 4.69) is 9.05 Å². The minimum Gasteiger partial charge on any atom is -0.296 e. The molecule has 1 radical (unpaired) electrons. The molecule has 0 aromatic rings. The molecule has 1 amide bonds. The molecule has 0 aliphatic heterocycles. The Kier molecular flexibility index (Phi) is 9.84. The molecule has 0 aliphatic carbocycles. The number of hydrogen-bond acceptors (Lipinski definition) is 4. The zero-order chi connectivity index (χ0) is 10.7. The largest absolute Gasteiger partial charge is 0.434 e. The smallest absolute Gasteiger partial charge is 0.296 e. The summed E-state index contributed by atoms with van der Waals surface area (Å²) >= 11 is 15.6. The van der Waals surface area contributed by atoms with Crippen LogP contribution in [0.2, 0.25) is 0 Å². The fraction of sp³-hybridized carbons (Fsp3) is 0.750. The molecule has 0 unspecified atom stereocenters. The van der Waals surface area contributed by atoms with E-state index in [1.807, 2.05) is 5.09 Å². The second kappa shape index (κ2) is 7.45. The van der Waals surface area contributed by atoms with E-state index in [0.717, 1.165) is 14.2 Å². The van der Waals surface area contributed by atoms with Crippen LogP contribution in [0, 0.1) is 0 Å². The molecule has 0 aromatic carbocycles. The van der Waals surface area contributed by atoms with Crippen LogP contribution in [-0.4, -0.2) is 75.3 Å². The molecule has 14 heavy (non-hydrogen) atoms. The van der Waals surface area contributed by atoms with Crippen LogP contribution in [0.3, 0.4) is 0 Å². The first-order valence-electron chi connectivity index (χ1n) is 2.86. The van der Waals surface area contributed by atoms with Crippen molar-refractivity contribution >= 4 is 99.8 Å². The van der Waals surface area contributed by atoms with Gasteiger partial charge in [-0.15, -0.1) is 0 Å². The van der Waals surface area contributed by atoms with Gasteiger partial charge in [0.25, 0.3) is 9.70 Å². The Morgan fingerprint density at radius 2 is 1.64 bits per heavy atom. The third-order valence-corrected chi connectivity index (χ3v) is 2.93. The molecule has 10 heteroatoms. The van der Waals surface area contributed by atoms with Crippen molar-refractivity contribution in [1.29, 1.82) is 0 Å². The normalized spacial score (nSPS) is 11.8. The van der Waals surface area contributed by atoms with Crippen molar-refractivity contribution in [3.05, 3.63) is 0 Å². The van der Waals surface area contributed by atoms with Crippen LogP contribution in [0.25, 0.3) is 0 Å². The Bertz CT molecular complexity index is 237. The summed E-state index contributed by atoms with van der Waals surface area (Å²) in [4.78, 5) is 11.0. The van der Waals surface area contributed by atoms with Gasteiger partial charge in [0.05, 0.1) is 0 Å². The van der Waals surface area contributed by atoms with Crippen molar-refractivity contribution in [3.63, 3.8) is 0 Å². The Balaban J connectivity index is 0. The first-order chi connectivity index (χ1) is 5.75. The summed E-state index contributed by atoms with van der Waals surface area (Å²) in [5.74, 6) is -1.08. The molecule has 0 bridgehead atoms. The van der Waals surface area contributed by atoms with Crippen molar-refractivity contribution in [2.75, 3.05) is 14.2 Å². The van der Waals surface area contributed by atoms with Crippen molar-refractivity contribution in [2.45, 2.75) is 3.79 Å². The number of halogens is 3. The van der Waals surface area contributed by atoms with Crippen LogP contribution in [-0.2, 0) is 18.4 Å². The molecule has 5 nitrogen and oxygen atoms in total. The third kappa shape index (κ3) is 6.65. The molecule has 1 N–H and O–H groups in total. The molecule has 0 saturated heterocycles. The first-order valence-corrected chi connectivity index (χ1v) is 5.54. The summed E-state index contributed by atoms with van der Waals surface area (Å²) < 4.78 is 17.8. The van der Waals surface area contributed by atoms with Gasteiger partial charge in [0.2, 0.25) is 0 Å². The van der Waals surface area contributed by atoms with Gasteiger partial charge < -0.3 is 0 Å². The van der Waals surface area contributed by atoms with Crippen LogP contribution in [0.4, 0.5) is 0 Å². The number of alkyl halides is 3. The van der Waals surface area contributed by atoms with Gasteiger partial charge in [-0.05, 0) is 0 Å². The number of hydrogen-bond donors (Lipinski definition) is 1. The predicted molar refractivity (Wildman–Crippen MR) is 55.8 cm³/mol. The summed E-state index contributed by atoms with van der Waals surface area (Å²) in [6.45, 7) is 0. The molecular weight excluding hydrogens is 302 g/mol. The van der Waals surface area contributed by atoms with Crippen LogP contribution in [0.15, 0.2) is 0 Å². The monoisotopic (exact) mass is 308 g/mol. The Labute approximate surface area is 139 Å². The molecule has 0 heterocycles. The molecule has 0 atom stereocenters. The van der Waals surface area contributed by atoms with E-state index < -0.39 is 17.4 Å². The average molecular weight is 310 g/mol. The minimum absolute atomic E-state index is 0. The molecule has 0 rings (SSSR count).